The lowest BCUT2D eigenvalue weighted by atomic mass is 10.4. The van der Waals surface area contributed by atoms with E-state index in [1.165, 1.54) is 18.7 Å². The molecular formula is C10H8OS. The molecule has 0 unspecified atom stereocenters. The Morgan fingerprint density at radius 1 is 1.33 bits per heavy atom. The molecule has 1 aromatic rings. The van der Waals surface area contributed by atoms with Crippen molar-refractivity contribution in [1.82, 2.24) is 0 Å². The van der Waals surface area contributed by atoms with E-state index in [2.05, 4.69) is 11.2 Å². The molecule has 0 aromatic heterocycles. The van der Waals surface area contributed by atoms with Crippen LogP contribution in [0.3, 0.4) is 0 Å². The number of hydrogen-bond acceptors (Lipinski definition) is 2. The minimum Gasteiger partial charge on any atom is -0.285 e. The highest BCUT2D eigenvalue weighted by molar-refractivity contribution is 8.04. The lowest BCUT2D eigenvalue weighted by molar-refractivity contribution is -0.111. The van der Waals surface area contributed by atoms with Crippen LogP contribution in [0.15, 0.2) is 35.2 Å². The number of hydrogen-bond donors (Lipinski definition) is 0. The molecular weight excluding hydrogens is 168 g/mol. The SMILES string of the molecule is CC(=O)C#CSc1ccccc1. The molecule has 0 amide bonds. The molecule has 0 N–H and O–H groups in total. The maximum atomic E-state index is 10.4. The minimum absolute atomic E-state index is 0.0987. The molecule has 1 aromatic carbocycles. The Balaban J connectivity index is 2.56. The molecule has 0 saturated heterocycles. The Bertz CT molecular complexity index is 319. The van der Waals surface area contributed by atoms with Crippen LogP contribution >= 0.6 is 11.8 Å². The summed E-state index contributed by atoms with van der Waals surface area (Å²) in [7, 11) is 0. The van der Waals surface area contributed by atoms with E-state index < -0.39 is 0 Å². The van der Waals surface area contributed by atoms with Crippen molar-refractivity contribution in [1.29, 1.82) is 0 Å². The fourth-order valence-corrected chi connectivity index (χ4v) is 1.25. The third-order valence-electron chi connectivity index (χ3n) is 1.14. The maximum absolute atomic E-state index is 10.4. The zero-order valence-corrected chi connectivity index (χ0v) is 7.52. The largest absolute Gasteiger partial charge is 0.285 e. The van der Waals surface area contributed by atoms with Crippen molar-refractivity contribution in [3.8, 4) is 11.2 Å². The summed E-state index contributed by atoms with van der Waals surface area (Å²) in [5, 5.41) is 2.72. The van der Waals surface area contributed by atoms with Crippen molar-refractivity contribution in [2.45, 2.75) is 11.8 Å². The normalized spacial score (nSPS) is 8.42. The van der Waals surface area contributed by atoms with Crippen molar-refractivity contribution in [2.75, 3.05) is 0 Å². The number of Topliss-reactive ketones (excluding diaryl/α,β-unsaturated/α-hetero) is 1. The van der Waals surface area contributed by atoms with Gasteiger partial charge in [-0.3, -0.25) is 4.79 Å². The maximum Gasteiger partial charge on any atom is 0.203 e. The summed E-state index contributed by atoms with van der Waals surface area (Å²) in [6.45, 7) is 1.46. The van der Waals surface area contributed by atoms with Gasteiger partial charge in [-0.1, -0.05) is 18.2 Å². The van der Waals surface area contributed by atoms with E-state index in [0.717, 1.165) is 4.90 Å². The molecule has 2 heteroatoms. The van der Waals surface area contributed by atoms with E-state index in [1.54, 1.807) is 0 Å². The van der Waals surface area contributed by atoms with E-state index in [0.29, 0.717) is 0 Å². The second-order valence-corrected chi connectivity index (χ2v) is 3.08. The van der Waals surface area contributed by atoms with Gasteiger partial charge in [0.15, 0.2) is 0 Å². The Hall–Kier alpha value is -1.20. The summed E-state index contributed by atoms with van der Waals surface area (Å²) in [4.78, 5) is 11.5. The van der Waals surface area contributed by atoms with E-state index in [-0.39, 0.29) is 5.78 Å². The number of benzene rings is 1. The molecule has 0 aliphatic heterocycles. The van der Waals surface area contributed by atoms with Crippen LogP contribution in [-0.2, 0) is 4.79 Å². The van der Waals surface area contributed by atoms with Gasteiger partial charge in [0.25, 0.3) is 0 Å². The van der Waals surface area contributed by atoms with E-state index in [1.807, 2.05) is 30.3 Å². The third kappa shape index (κ3) is 3.27. The van der Waals surface area contributed by atoms with Crippen molar-refractivity contribution >= 4 is 17.5 Å². The van der Waals surface area contributed by atoms with Gasteiger partial charge in [0.2, 0.25) is 5.78 Å². The van der Waals surface area contributed by atoms with E-state index >= 15 is 0 Å². The molecule has 12 heavy (non-hydrogen) atoms. The number of ketones is 1. The van der Waals surface area contributed by atoms with Crippen LogP contribution in [0.5, 0.6) is 0 Å². The second-order valence-electron chi connectivity index (χ2n) is 2.20. The highest BCUT2D eigenvalue weighted by Gasteiger charge is 1.86. The summed E-state index contributed by atoms with van der Waals surface area (Å²) in [5.74, 6) is 2.37. The summed E-state index contributed by atoms with van der Waals surface area (Å²) in [5.41, 5.74) is 0. The van der Waals surface area contributed by atoms with E-state index in [9.17, 15) is 4.79 Å². The minimum atomic E-state index is -0.0987. The number of carbonyl (C=O) groups is 1. The van der Waals surface area contributed by atoms with Crippen LogP contribution in [0.1, 0.15) is 6.92 Å². The Labute approximate surface area is 76.2 Å². The lowest BCUT2D eigenvalue weighted by Gasteiger charge is -1.89. The van der Waals surface area contributed by atoms with Gasteiger partial charge in [-0.15, -0.1) is 0 Å². The average Bonchev–Trinajstić information content (AvgIpc) is 2.05. The van der Waals surface area contributed by atoms with Crippen LogP contribution in [0.4, 0.5) is 0 Å². The summed E-state index contributed by atoms with van der Waals surface area (Å²) >= 11 is 1.37. The fraction of sp³-hybridized carbons (Fsp3) is 0.100. The molecule has 0 aliphatic carbocycles. The Morgan fingerprint density at radius 2 is 2.00 bits per heavy atom. The highest BCUT2D eigenvalue weighted by atomic mass is 32.2. The first-order valence-corrected chi connectivity index (χ1v) is 4.34. The third-order valence-corrected chi connectivity index (χ3v) is 1.85. The molecule has 0 atom stereocenters. The predicted molar refractivity (Wildman–Crippen MR) is 50.8 cm³/mol. The average molecular weight is 176 g/mol. The van der Waals surface area contributed by atoms with Gasteiger partial charge in [0.1, 0.15) is 0 Å². The van der Waals surface area contributed by atoms with Crippen LogP contribution in [0.2, 0.25) is 0 Å². The molecule has 0 bridgehead atoms. The lowest BCUT2D eigenvalue weighted by Crippen LogP contribution is -1.78. The molecule has 0 aliphatic rings. The van der Waals surface area contributed by atoms with Gasteiger partial charge in [0, 0.05) is 11.8 Å². The second kappa shape index (κ2) is 4.63. The van der Waals surface area contributed by atoms with Crippen LogP contribution in [0.25, 0.3) is 0 Å². The van der Waals surface area contributed by atoms with Gasteiger partial charge in [-0.2, -0.15) is 0 Å². The summed E-state index contributed by atoms with van der Waals surface area (Å²) < 4.78 is 0. The summed E-state index contributed by atoms with van der Waals surface area (Å²) in [6.07, 6.45) is 0. The van der Waals surface area contributed by atoms with Gasteiger partial charge in [-0.25, -0.2) is 0 Å². The molecule has 0 heterocycles. The first-order chi connectivity index (χ1) is 5.79. The molecule has 1 nitrogen and oxygen atoms in total. The quantitative estimate of drug-likeness (QED) is 0.482. The Kier molecular flexibility index (Phi) is 3.43. The number of thioether (sulfide) groups is 1. The first-order valence-electron chi connectivity index (χ1n) is 3.52. The highest BCUT2D eigenvalue weighted by Crippen LogP contribution is 2.14. The number of rotatable bonds is 1. The smallest absolute Gasteiger partial charge is 0.203 e. The molecule has 0 spiro atoms. The zero-order chi connectivity index (χ0) is 8.81. The first kappa shape index (κ1) is 8.89. The monoisotopic (exact) mass is 176 g/mol. The number of carbonyl (C=O) groups excluding carboxylic acids is 1. The predicted octanol–water partition coefficient (Wildman–Crippen LogP) is 2.33. The summed E-state index contributed by atoms with van der Waals surface area (Å²) in [6, 6.07) is 9.75. The van der Waals surface area contributed by atoms with Gasteiger partial charge < -0.3 is 0 Å². The van der Waals surface area contributed by atoms with Crippen LogP contribution < -0.4 is 0 Å². The van der Waals surface area contributed by atoms with Crippen molar-refractivity contribution in [3.05, 3.63) is 30.3 Å². The topological polar surface area (TPSA) is 17.1 Å². The van der Waals surface area contributed by atoms with Crippen LogP contribution in [0, 0.1) is 11.2 Å². The van der Waals surface area contributed by atoms with Gasteiger partial charge in [0.05, 0.1) is 0 Å². The van der Waals surface area contributed by atoms with Crippen molar-refractivity contribution in [2.24, 2.45) is 0 Å². The standard InChI is InChI=1S/C10H8OS/c1-9(11)7-8-12-10-5-3-2-4-6-10/h2-6H,1H3. The Morgan fingerprint density at radius 3 is 2.58 bits per heavy atom. The van der Waals surface area contributed by atoms with Gasteiger partial charge in [-0.05, 0) is 35.1 Å². The van der Waals surface area contributed by atoms with Gasteiger partial charge >= 0.3 is 0 Å². The molecule has 0 saturated carbocycles. The fourth-order valence-electron chi connectivity index (χ4n) is 0.645. The molecule has 1 rings (SSSR count). The zero-order valence-electron chi connectivity index (χ0n) is 6.70. The molecule has 0 radical (unpaired) electrons. The molecule has 0 fully saturated rings. The van der Waals surface area contributed by atoms with Crippen LogP contribution in [-0.4, -0.2) is 5.78 Å². The molecule has 60 valence electrons. The van der Waals surface area contributed by atoms with Crippen molar-refractivity contribution in [3.63, 3.8) is 0 Å². The van der Waals surface area contributed by atoms with E-state index in [4.69, 9.17) is 0 Å². The van der Waals surface area contributed by atoms with Crippen molar-refractivity contribution < 1.29 is 4.79 Å².